The zero-order chi connectivity index (χ0) is 27.7. The SMILES string of the molecule is O=C(O)CCN1C(=O)C2C3CC(C2C1=O)C1C3Sc2[nH]c(=O)sc2[C@@H]1c1ccc(OCc2cccc(Cl)c2)cc1. The van der Waals surface area contributed by atoms with E-state index in [4.69, 9.17) is 21.4 Å². The molecule has 1 aromatic heterocycles. The third-order valence-electron chi connectivity index (χ3n) is 8.90. The number of carbonyl (C=O) groups is 3. The van der Waals surface area contributed by atoms with Crippen molar-refractivity contribution in [1.82, 2.24) is 9.88 Å². The van der Waals surface area contributed by atoms with Gasteiger partial charge in [0.2, 0.25) is 11.8 Å². The van der Waals surface area contributed by atoms with Crippen LogP contribution in [0.15, 0.2) is 58.4 Å². The molecule has 2 N–H and O–H groups in total. The van der Waals surface area contributed by atoms with Gasteiger partial charge >= 0.3 is 10.8 Å². The summed E-state index contributed by atoms with van der Waals surface area (Å²) >= 11 is 8.94. The first-order chi connectivity index (χ1) is 19.3. The third kappa shape index (κ3) is 4.11. The van der Waals surface area contributed by atoms with Crippen molar-refractivity contribution in [3.8, 4) is 5.75 Å². The van der Waals surface area contributed by atoms with Crippen LogP contribution in [0.2, 0.25) is 5.02 Å². The number of carbonyl (C=O) groups excluding carboxylic acids is 2. The molecule has 2 aliphatic carbocycles. The van der Waals surface area contributed by atoms with E-state index in [1.165, 1.54) is 16.2 Å². The summed E-state index contributed by atoms with van der Waals surface area (Å²) in [6.45, 7) is 0.304. The molecule has 2 aliphatic heterocycles. The molecule has 2 saturated carbocycles. The van der Waals surface area contributed by atoms with Crippen LogP contribution in [0.1, 0.15) is 34.8 Å². The number of thioether (sulfide) groups is 1. The molecule has 40 heavy (non-hydrogen) atoms. The highest BCUT2D eigenvalue weighted by Gasteiger charge is 2.69. The van der Waals surface area contributed by atoms with Gasteiger partial charge in [-0.2, -0.15) is 0 Å². The Bertz CT molecular complexity index is 1590. The molecular weight excluding hydrogens is 572 g/mol. The first kappa shape index (κ1) is 25.9. The number of aromatic amines is 1. The van der Waals surface area contributed by atoms with Gasteiger partial charge in [0.1, 0.15) is 12.4 Å². The van der Waals surface area contributed by atoms with E-state index in [-0.39, 0.29) is 58.6 Å². The Hall–Kier alpha value is -3.08. The number of imide groups is 1. The molecule has 3 fully saturated rings. The minimum absolute atomic E-state index is 0.00659. The Morgan fingerprint density at radius 3 is 2.55 bits per heavy atom. The Kier molecular flexibility index (Phi) is 6.32. The Balaban J connectivity index is 1.18. The molecule has 2 bridgehead atoms. The van der Waals surface area contributed by atoms with Gasteiger partial charge in [0.15, 0.2) is 0 Å². The number of hydrogen-bond acceptors (Lipinski definition) is 7. The van der Waals surface area contributed by atoms with Gasteiger partial charge in [0, 0.05) is 27.6 Å². The van der Waals surface area contributed by atoms with Crippen molar-refractivity contribution in [3.05, 3.63) is 79.2 Å². The largest absolute Gasteiger partial charge is 0.489 e. The summed E-state index contributed by atoms with van der Waals surface area (Å²) in [5, 5.41) is 10.7. The molecule has 8 nitrogen and oxygen atoms in total. The highest BCUT2D eigenvalue weighted by Crippen LogP contribution is 2.68. The number of thiazole rings is 1. The first-order valence-electron chi connectivity index (χ1n) is 13.2. The van der Waals surface area contributed by atoms with Crippen LogP contribution in [-0.2, 0) is 21.0 Å². The average Bonchev–Trinajstić information content (AvgIpc) is 3.66. The molecule has 3 heterocycles. The van der Waals surface area contributed by atoms with Crippen LogP contribution in [0.3, 0.4) is 0 Å². The molecule has 0 radical (unpaired) electrons. The van der Waals surface area contributed by atoms with E-state index >= 15 is 0 Å². The number of H-pyrrole nitrogens is 1. The molecule has 3 aromatic rings. The lowest BCUT2D eigenvalue weighted by molar-refractivity contribution is -0.142. The second-order valence-corrected chi connectivity index (χ2v) is 13.6. The number of rotatable bonds is 7. The van der Waals surface area contributed by atoms with Gasteiger partial charge in [-0.3, -0.25) is 24.1 Å². The fraction of sp³-hybridized carbons (Fsp3) is 0.379. The number of fused-ring (bicyclic) bond motifs is 9. The highest BCUT2D eigenvalue weighted by molar-refractivity contribution is 8.00. The van der Waals surface area contributed by atoms with E-state index in [1.54, 1.807) is 11.8 Å². The maximum absolute atomic E-state index is 13.4. The van der Waals surface area contributed by atoms with E-state index in [1.807, 2.05) is 48.5 Å². The summed E-state index contributed by atoms with van der Waals surface area (Å²) in [6, 6.07) is 15.4. The quantitative estimate of drug-likeness (QED) is 0.382. The molecular formula is C29H25ClN2O6S2. The van der Waals surface area contributed by atoms with Crippen LogP contribution in [-0.4, -0.2) is 44.6 Å². The van der Waals surface area contributed by atoms with E-state index in [0.29, 0.717) is 17.4 Å². The number of carboxylic acids is 1. The molecule has 2 aromatic carbocycles. The fourth-order valence-corrected chi connectivity index (χ4v) is 10.5. The van der Waals surface area contributed by atoms with Crippen LogP contribution >= 0.6 is 34.7 Å². The van der Waals surface area contributed by atoms with Gasteiger partial charge in [0.05, 0.1) is 23.3 Å². The van der Waals surface area contributed by atoms with Crippen LogP contribution in [0.25, 0.3) is 0 Å². The van der Waals surface area contributed by atoms with Crippen molar-refractivity contribution in [2.24, 2.45) is 29.6 Å². The van der Waals surface area contributed by atoms with E-state index in [0.717, 1.165) is 27.5 Å². The topological polar surface area (TPSA) is 117 Å². The molecule has 7 rings (SSSR count). The molecule has 206 valence electrons. The Morgan fingerprint density at radius 2 is 1.82 bits per heavy atom. The predicted molar refractivity (Wildman–Crippen MR) is 150 cm³/mol. The maximum Gasteiger partial charge on any atom is 0.305 e. The van der Waals surface area contributed by atoms with Gasteiger partial charge in [0.25, 0.3) is 0 Å². The van der Waals surface area contributed by atoms with Gasteiger partial charge in [-0.1, -0.05) is 47.2 Å². The van der Waals surface area contributed by atoms with Crippen molar-refractivity contribution in [1.29, 1.82) is 0 Å². The van der Waals surface area contributed by atoms with Gasteiger partial charge in [-0.25, -0.2) is 0 Å². The van der Waals surface area contributed by atoms with Crippen molar-refractivity contribution < 1.29 is 24.2 Å². The number of aliphatic carboxylic acids is 1. The Labute approximate surface area is 242 Å². The summed E-state index contributed by atoms with van der Waals surface area (Å²) in [5.74, 6) is -1.60. The number of ether oxygens (including phenoxy) is 1. The zero-order valence-corrected chi connectivity index (χ0v) is 23.5. The van der Waals surface area contributed by atoms with Crippen molar-refractivity contribution in [2.45, 2.75) is 35.6 Å². The summed E-state index contributed by atoms with van der Waals surface area (Å²) < 4.78 is 5.99. The number of aromatic nitrogens is 1. The molecule has 4 aliphatic rings. The summed E-state index contributed by atoms with van der Waals surface area (Å²) in [6.07, 6.45) is 0.541. The fourth-order valence-electron chi connectivity index (χ4n) is 7.44. The number of amides is 2. The van der Waals surface area contributed by atoms with Crippen LogP contribution < -0.4 is 9.61 Å². The van der Waals surface area contributed by atoms with Crippen molar-refractivity contribution in [3.63, 3.8) is 0 Å². The summed E-state index contributed by atoms with van der Waals surface area (Å²) in [7, 11) is 0. The normalized spacial score (nSPS) is 29.8. The minimum Gasteiger partial charge on any atom is -0.489 e. The monoisotopic (exact) mass is 596 g/mol. The lowest BCUT2D eigenvalue weighted by Crippen LogP contribution is -2.42. The number of nitrogens with zero attached hydrogens (tertiary/aromatic N) is 1. The number of likely N-dealkylation sites (tertiary alicyclic amines) is 1. The van der Waals surface area contributed by atoms with Crippen LogP contribution in [0.4, 0.5) is 0 Å². The standard InChI is InChI=1S/C29H25ClN2O6S2/c30-15-3-1-2-13(10-15)12-38-16-6-4-14(5-7-16)20-21-17-11-18(24(21)39-26-25(20)40-29(37)31-26)23-22(17)27(35)32(28(23)36)9-8-19(33)34/h1-7,10,17-18,20-24H,8-9,11-12H2,(H,31,37)(H,33,34)/t17?,18?,20-,21?,22?,23?,24?/m1/s1. The number of benzene rings is 2. The molecule has 6 unspecified atom stereocenters. The molecule has 2 amide bonds. The van der Waals surface area contributed by atoms with Crippen molar-refractivity contribution in [2.75, 3.05) is 6.54 Å². The van der Waals surface area contributed by atoms with Crippen molar-refractivity contribution >= 4 is 52.5 Å². The van der Waals surface area contributed by atoms with E-state index < -0.39 is 17.8 Å². The predicted octanol–water partition coefficient (Wildman–Crippen LogP) is 4.62. The number of carboxylic acid groups (broad SMARTS) is 1. The second-order valence-electron chi connectivity index (χ2n) is 10.9. The third-order valence-corrected chi connectivity index (χ3v) is 11.7. The lowest BCUT2D eigenvalue weighted by Gasteiger charge is -2.43. The Morgan fingerprint density at radius 1 is 1.07 bits per heavy atom. The number of hydrogen-bond donors (Lipinski definition) is 2. The summed E-state index contributed by atoms with van der Waals surface area (Å²) in [4.78, 5) is 55.4. The van der Waals surface area contributed by atoms with Crippen LogP contribution in [0, 0.1) is 29.6 Å². The van der Waals surface area contributed by atoms with E-state index in [9.17, 15) is 19.2 Å². The minimum atomic E-state index is -1.03. The maximum atomic E-state index is 13.4. The number of halogens is 1. The van der Waals surface area contributed by atoms with E-state index in [2.05, 4.69) is 4.98 Å². The smallest absolute Gasteiger partial charge is 0.305 e. The van der Waals surface area contributed by atoms with Gasteiger partial charge < -0.3 is 14.8 Å². The zero-order valence-electron chi connectivity index (χ0n) is 21.1. The average molecular weight is 597 g/mol. The first-order valence-corrected chi connectivity index (χ1v) is 15.3. The van der Waals surface area contributed by atoms with Gasteiger partial charge in [-0.15, -0.1) is 11.8 Å². The molecule has 11 heteroatoms. The summed E-state index contributed by atoms with van der Waals surface area (Å²) in [5.41, 5.74) is 2.01. The van der Waals surface area contributed by atoms with Gasteiger partial charge in [-0.05, 0) is 59.6 Å². The van der Waals surface area contributed by atoms with Crippen LogP contribution in [0.5, 0.6) is 5.75 Å². The molecule has 0 spiro atoms. The number of nitrogens with one attached hydrogen (secondary N) is 1. The highest BCUT2D eigenvalue weighted by atomic mass is 35.5. The molecule has 7 atom stereocenters. The second kappa shape index (κ2) is 9.78. The molecule has 1 saturated heterocycles. The lowest BCUT2D eigenvalue weighted by atomic mass is 9.68.